The quantitative estimate of drug-likeness (QED) is 0.790. The molecule has 2 N–H and O–H groups in total. The summed E-state index contributed by atoms with van der Waals surface area (Å²) >= 11 is 0. The lowest BCUT2D eigenvalue weighted by molar-refractivity contribution is -0.133. The van der Waals surface area contributed by atoms with E-state index in [9.17, 15) is 4.79 Å². The number of amides is 1. The van der Waals surface area contributed by atoms with Crippen LogP contribution < -0.4 is 5.73 Å². The van der Waals surface area contributed by atoms with Crippen molar-refractivity contribution in [2.45, 2.75) is 44.6 Å². The highest BCUT2D eigenvalue weighted by Gasteiger charge is 2.25. The Hall–Kier alpha value is -0.610. The zero-order chi connectivity index (χ0) is 12.1. The van der Waals surface area contributed by atoms with E-state index >= 15 is 0 Å². The summed E-state index contributed by atoms with van der Waals surface area (Å²) in [6.45, 7) is 4.76. The van der Waals surface area contributed by atoms with Gasteiger partial charge in [0.1, 0.15) is 0 Å². The summed E-state index contributed by atoms with van der Waals surface area (Å²) in [6, 6.07) is 0.270. The molecule has 2 heterocycles. The van der Waals surface area contributed by atoms with Crippen molar-refractivity contribution in [1.82, 2.24) is 9.80 Å². The van der Waals surface area contributed by atoms with Gasteiger partial charge in [-0.25, -0.2) is 0 Å². The van der Waals surface area contributed by atoms with Crippen molar-refractivity contribution in [1.29, 1.82) is 0 Å². The molecule has 0 spiro atoms. The Morgan fingerprint density at radius 1 is 1.00 bits per heavy atom. The minimum Gasteiger partial charge on any atom is -0.343 e. The van der Waals surface area contributed by atoms with Gasteiger partial charge in [0, 0.05) is 32.1 Å². The maximum absolute atomic E-state index is 12.2. The molecule has 2 saturated heterocycles. The number of carbonyl (C=O) groups is 1. The Morgan fingerprint density at radius 2 is 1.59 bits per heavy atom. The van der Waals surface area contributed by atoms with Gasteiger partial charge in [-0.15, -0.1) is 0 Å². The SMILES string of the molecule is NCC(CC(=O)N1CCCCC1)N1CCCC1. The Kier molecular flexibility index (Phi) is 4.80. The van der Waals surface area contributed by atoms with Gasteiger partial charge in [-0.05, 0) is 45.2 Å². The summed E-state index contributed by atoms with van der Waals surface area (Å²) in [7, 11) is 0. The van der Waals surface area contributed by atoms with Crippen molar-refractivity contribution in [2.75, 3.05) is 32.7 Å². The van der Waals surface area contributed by atoms with E-state index in [-0.39, 0.29) is 6.04 Å². The number of carbonyl (C=O) groups excluding carboxylic acids is 1. The Balaban J connectivity index is 1.82. The maximum atomic E-state index is 12.2. The summed E-state index contributed by atoms with van der Waals surface area (Å²) in [5.74, 6) is 0.312. The van der Waals surface area contributed by atoms with E-state index in [1.54, 1.807) is 0 Å². The van der Waals surface area contributed by atoms with Crippen LogP contribution in [0.1, 0.15) is 38.5 Å². The van der Waals surface area contributed by atoms with E-state index < -0.39 is 0 Å². The second kappa shape index (κ2) is 6.36. The van der Waals surface area contributed by atoms with Crippen LogP contribution in [0.25, 0.3) is 0 Å². The van der Waals surface area contributed by atoms with Crippen LogP contribution in [0, 0.1) is 0 Å². The number of rotatable bonds is 4. The van der Waals surface area contributed by atoms with Crippen LogP contribution in [0.4, 0.5) is 0 Å². The minimum absolute atomic E-state index is 0.270. The van der Waals surface area contributed by atoms with Crippen molar-refractivity contribution >= 4 is 5.91 Å². The van der Waals surface area contributed by atoms with Crippen LogP contribution in [0.2, 0.25) is 0 Å². The Morgan fingerprint density at radius 3 is 2.18 bits per heavy atom. The van der Waals surface area contributed by atoms with Crippen LogP contribution in [0.5, 0.6) is 0 Å². The van der Waals surface area contributed by atoms with Gasteiger partial charge < -0.3 is 10.6 Å². The van der Waals surface area contributed by atoms with Crippen molar-refractivity contribution in [3.05, 3.63) is 0 Å². The lowest BCUT2D eigenvalue weighted by atomic mass is 10.1. The molecule has 1 atom stereocenters. The van der Waals surface area contributed by atoms with Gasteiger partial charge in [0.15, 0.2) is 0 Å². The first-order chi connectivity index (χ1) is 8.31. The number of piperidine rings is 1. The van der Waals surface area contributed by atoms with E-state index in [0.29, 0.717) is 18.9 Å². The van der Waals surface area contributed by atoms with Gasteiger partial charge in [0.05, 0.1) is 0 Å². The van der Waals surface area contributed by atoms with Gasteiger partial charge in [0.25, 0.3) is 0 Å². The molecule has 0 radical (unpaired) electrons. The summed E-state index contributed by atoms with van der Waals surface area (Å²) < 4.78 is 0. The second-order valence-corrected chi connectivity index (χ2v) is 5.28. The third-order valence-electron chi connectivity index (χ3n) is 4.05. The van der Waals surface area contributed by atoms with E-state index in [2.05, 4.69) is 4.90 Å². The monoisotopic (exact) mass is 239 g/mol. The molecular weight excluding hydrogens is 214 g/mol. The molecule has 4 nitrogen and oxygen atoms in total. The van der Waals surface area contributed by atoms with E-state index in [4.69, 9.17) is 5.73 Å². The molecule has 0 aromatic carbocycles. The number of hydrogen-bond donors (Lipinski definition) is 1. The first-order valence-corrected chi connectivity index (χ1v) is 7.03. The normalized spacial score (nSPS) is 23.9. The van der Waals surface area contributed by atoms with Crippen LogP contribution in [0.3, 0.4) is 0 Å². The van der Waals surface area contributed by atoms with E-state index in [0.717, 1.165) is 26.2 Å². The molecule has 0 aliphatic carbocycles. The van der Waals surface area contributed by atoms with Crippen molar-refractivity contribution in [3.63, 3.8) is 0 Å². The molecular formula is C13H25N3O. The average Bonchev–Trinajstić information content (AvgIpc) is 2.90. The van der Waals surface area contributed by atoms with Crippen LogP contribution in [-0.4, -0.2) is 54.5 Å². The molecule has 1 unspecified atom stereocenters. The molecule has 0 aromatic rings. The molecule has 1 amide bonds. The highest BCUT2D eigenvalue weighted by molar-refractivity contribution is 5.77. The third-order valence-corrected chi connectivity index (χ3v) is 4.05. The Labute approximate surface area is 104 Å². The lowest BCUT2D eigenvalue weighted by Gasteiger charge is -2.31. The molecule has 0 bridgehead atoms. The summed E-state index contributed by atoms with van der Waals surface area (Å²) in [4.78, 5) is 16.6. The van der Waals surface area contributed by atoms with Crippen molar-refractivity contribution < 1.29 is 4.79 Å². The highest BCUT2D eigenvalue weighted by atomic mass is 16.2. The van der Waals surface area contributed by atoms with Crippen molar-refractivity contribution in [3.8, 4) is 0 Å². The number of likely N-dealkylation sites (tertiary alicyclic amines) is 2. The predicted molar refractivity (Wildman–Crippen MR) is 68.7 cm³/mol. The minimum atomic E-state index is 0.270. The molecule has 98 valence electrons. The largest absolute Gasteiger partial charge is 0.343 e. The molecule has 4 heteroatoms. The summed E-state index contributed by atoms with van der Waals surface area (Å²) in [6.07, 6.45) is 6.75. The fraction of sp³-hybridized carbons (Fsp3) is 0.923. The van der Waals surface area contributed by atoms with Crippen LogP contribution in [0.15, 0.2) is 0 Å². The molecule has 2 aliphatic heterocycles. The number of nitrogens with zero attached hydrogens (tertiary/aromatic N) is 2. The van der Waals surface area contributed by atoms with Crippen molar-refractivity contribution in [2.24, 2.45) is 5.73 Å². The smallest absolute Gasteiger partial charge is 0.224 e. The zero-order valence-corrected chi connectivity index (χ0v) is 10.7. The van der Waals surface area contributed by atoms with Crippen LogP contribution in [-0.2, 0) is 4.79 Å². The molecule has 2 fully saturated rings. The standard InChI is InChI=1S/C13H25N3O/c14-11-12(15-6-4-5-7-15)10-13(17)16-8-2-1-3-9-16/h12H,1-11,14H2. The summed E-state index contributed by atoms with van der Waals surface area (Å²) in [5.41, 5.74) is 5.82. The second-order valence-electron chi connectivity index (χ2n) is 5.28. The molecule has 2 aliphatic rings. The predicted octanol–water partition coefficient (Wildman–Crippen LogP) is 0.812. The molecule has 2 rings (SSSR count). The van der Waals surface area contributed by atoms with Crippen LogP contribution >= 0.6 is 0 Å². The third kappa shape index (κ3) is 3.42. The average molecular weight is 239 g/mol. The van der Waals surface area contributed by atoms with Gasteiger partial charge in [-0.3, -0.25) is 9.69 Å². The fourth-order valence-electron chi connectivity index (χ4n) is 2.94. The maximum Gasteiger partial charge on any atom is 0.224 e. The first kappa shape index (κ1) is 12.8. The molecule has 0 aromatic heterocycles. The Bertz CT molecular complexity index is 245. The van der Waals surface area contributed by atoms with Gasteiger partial charge in [0.2, 0.25) is 5.91 Å². The number of nitrogens with two attached hydrogens (primary N) is 1. The topological polar surface area (TPSA) is 49.6 Å². The lowest BCUT2D eigenvalue weighted by Crippen LogP contribution is -2.44. The highest BCUT2D eigenvalue weighted by Crippen LogP contribution is 2.16. The zero-order valence-electron chi connectivity index (χ0n) is 10.7. The number of hydrogen-bond acceptors (Lipinski definition) is 3. The molecule has 17 heavy (non-hydrogen) atoms. The first-order valence-electron chi connectivity index (χ1n) is 7.03. The van der Waals surface area contributed by atoms with E-state index in [1.807, 2.05) is 4.90 Å². The van der Waals surface area contributed by atoms with Gasteiger partial charge in [-0.1, -0.05) is 0 Å². The van der Waals surface area contributed by atoms with E-state index in [1.165, 1.54) is 32.1 Å². The van der Waals surface area contributed by atoms with Gasteiger partial charge in [-0.2, -0.15) is 0 Å². The molecule has 0 saturated carbocycles. The fourth-order valence-corrected chi connectivity index (χ4v) is 2.94. The summed E-state index contributed by atoms with van der Waals surface area (Å²) in [5, 5.41) is 0. The van der Waals surface area contributed by atoms with Gasteiger partial charge >= 0.3 is 0 Å².